The Hall–Kier alpha value is -1.57. The van der Waals surface area contributed by atoms with Crippen molar-refractivity contribution in [2.75, 3.05) is 0 Å². The maximum atomic E-state index is 11.0. The lowest BCUT2D eigenvalue weighted by atomic mass is 9.81. The van der Waals surface area contributed by atoms with Crippen molar-refractivity contribution in [1.29, 1.82) is 0 Å². The smallest absolute Gasteiger partial charge is 0.336 e. The van der Waals surface area contributed by atoms with Crippen molar-refractivity contribution < 1.29 is 9.90 Å². The van der Waals surface area contributed by atoms with Crippen LogP contribution < -0.4 is 0 Å². The Morgan fingerprint density at radius 3 is 2.07 bits per heavy atom. The second-order valence-corrected chi connectivity index (χ2v) is 4.58. The molecular formula is C13H16O2. The van der Waals surface area contributed by atoms with Crippen LogP contribution in [0.1, 0.15) is 36.7 Å². The predicted molar refractivity (Wildman–Crippen MR) is 61.9 cm³/mol. The summed E-state index contributed by atoms with van der Waals surface area (Å²) in [5, 5.41) is 9.04. The van der Waals surface area contributed by atoms with Crippen molar-refractivity contribution in [1.82, 2.24) is 0 Å². The molecule has 0 aliphatic carbocycles. The second-order valence-electron chi connectivity index (χ2n) is 4.58. The van der Waals surface area contributed by atoms with E-state index in [0.717, 1.165) is 11.1 Å². The lowest BCUT2D eigenvalue weighted by molar-refractivity contribution is 0.0696. The van der Waals surface area contributed by atoms with Crippen LogP contribution in [0.3, 0.4) is 0 Å². The van der Waals surface area contributed by atoms with E-state index in [-0.39, 0.29) is 5.41 Å². The molecule has 1 aromatic carbocycles. The Morgan fingerprint density at radius 2 is 1.67 bits per heavy atom. The Balaban J connectivity index is 3.26. The summed E-state index contributed by atoms with van der Waals surface area (Å²) in [5.41, 5.74) is 1.77. The maximum absolute atomic E-state index is 11.0. The Bertz CT molecular complexity index is 397. The highest BCUT2D eigenvalue weighted by atomic mass is 16.4. The van der Waals surface area contributed by atoms with Crippen molar-refractivity contribution in [3.05, 3.63) is 42.0 Å². The molecule has 0 aliphatic heterocycles. The molecule has 0 radical (unpaired) electrons. The fourth-order valence-electron chi connectivity index (χ4n) is 1.34. The van der Waals surface area contributed by atoms with Gasteiger partial charge in [0.2, 0.25) is 0 Å². The van der Waals surface area contributed by atoms with Gasteiger partial charge in [-0.15, -0.1) is 0 Å². The SMILES string of the molecule is C=C(c1ccccc1C(=O)O)C(C)(C)C. The van der Waals surface area contributed by atoms with Gasteiger partial charge in [0.1, 0.15) is 0 Å². The lowest BCUT2D eigenvalue weighted by Gasteiger charge is -2.23. The van der Waals surface area contributed by atoms with E-state index in [1.54, 1.807) is 18.2 Å². The molecule has 1 aromatic rings. The highest BCUT2D eigenvalue weighted by Gasteiger charge is 2.20. The quantitative estimate of drug-likeness (QED) is 0.801. The average molecular weight is 204 g/mol. The monoisotopic (exact) mass is 204 g/mol. The van der Waals surface area contributed by atoms with Crippen molar-refractivity contribution in [3.63, 3.8) is 0 Å². The van der Waals surface area contributed by atoms with E-state index in [4.69, 9.17) is 5.11 Å². The Morgan fingerprint density at radius 1 is 1.20 bits per heavy atom. The first-order chi connectivity index (χ1) is 6.84. The molecule has 15 heavy (non-hydrogen) atoms. The third kappa shape index (κ3) is 2.46. The second kappa shape index (κ2) is 3.89. The fourth-order valence-corrected chi connectivity index (χ4v) is 1.34. The van der Waals surface area contributed by atoms with Gasteiger partial charge in [-0.25, -0.2) is 4.79 Å². The first-order valence-electron chi connectivity index (χ1n) is 4.86. The molecule has 0 bridgehead atoms. The van der Waals surface area contributed by atoms with Gasteiger partial charge in [-0.1, -0.05) is 45.5 Å². The molecule has 2 nitrogen and oxygen atoms in total. The first kappa shape index (κ1) is 11.5. The van der Waals surface area contributed by atoms with Gasteiger partial charge in [0.25, 0.3) is 0 Å². The van der Waals surface area contributed by atoms with E-state index in [2.05, 4.69) is 6.58 Å². The number of carboxylic acid groups (broad SMARTS) is 1. The maximum Gasteiger partial charge on any atom is 0.336 e. The van der Waals surface area contributed by atoms with Gasteiger partial charge in [-0.3, -0.25) is 0 Å². The summed E-state index contributed by atoms with van der Waals surface area (Å²) in [6.45, 7) is 10.0. The van der Waals surface area contributed by atoms with Crippen molar-refractivity contribution in [2.45, 2.75) is 20.8 Å². The van der Waals surface area contributed by atoms with Gasteiger partial charge >= 0.3 is 5.97 Å². The summed E-state index contributed by atoms with van der Waals surface area (Å²) in [6.07, 6.45) is 0. The summed E-state index contributed by atoms with van der Waals surface area (Å²) in [6, 6.07) is 6.97. The van der Waals surface area contributed by atoms with E-state index in [1.165, 1.54) is 0 Å². The molecule has 0 aromatic heterocycles. The summed E-state index contributed by atoms with van der Waals surface area (Å²) in [4.78, 5) is 11.0. The summed E-state index contributed by atoms with van der Waals surface area (Å²) >= 11 is 0. The Kier molecular flexibility index (Phi) is 2.98. The van der Waals surface area contributed by atoms with Crippen LogP contribution in [0.5, 0.6) is 0 Å². The molecule has 0 heterocycles. The van der Waals surface area contributed by atoms with Crippen LogP contribution in [0.25, 0.3) is 5.57 Å². The zero-order chi connectivity index (χ0) is 11.6. The summed E-state index contributed by atoms with van der Waals surface area (Å²) in [7, 11) is 0. The topological polar surface area (TPSA) is 37.3 Å². The molecule has 0 unspecified atom stereocenters. The Labute approximate surface area is 90.3 Å². The number of carboxylic acids is 1. The number of rotatable bonds is 2. The van der Waals surface area contributed by atoms with Crippen LogP contribution in [-0.2, 0) is 0 Å². The molecule has 0 saturated carbocycles. The van der Waals surface area contributed by atoms with E-state index in [1.807, 2.05) is 26.8 Å². The van der Waals surface area contributed by atoms with Crippen LogP contribution in [-0.4, -0.2) is 11.1 Å². The molecule has 0 atom stereocenters. The fraction of sp³-hybridized carbons (Fsp3) is 0.308. The van der Waals surface area contributed by atoms with Gasteiger partial charge in [0.05, 0.1) is 5.56 Å². The minimum Gasteiger partial charge on any atom is -0.478 e. The highest BCUT2D eigenvalue weighted by Crippen LogP contribution is 2.33. The first-order valence-corrected chi connectivity index (χ1v) is 4.86. The van der Waals surface area contributed by atoms with Gasteiger partial charge in [0.15, 0.2) is 0 Å². The van der Waals surface area contributed by atoms with Crippen molar-refractivity contribution in [2.24, 2.45) is 5.41 Å². The third-order valence-electron chi connectivity index (χ3n) is 2.39. The van der Waals surface area contributed by atoms with Crippen molar-refractivity contribution >= 4 is 11.5 Å². The molecule has 1 rings (SSSR count). The van der Waals surface area contributed by atoms with Gasteiger partial charge in [-0.05, 0) is 22.6 Å². The molecule has 80 valence electrons. The molecule has 1 N–H and O–H groups in total. The van der Waals surface area contributed by atoms with Gasteiger partial charge in [0, 0.05) is 0 Å². The number of benzene rings is 1. The van der Waals surface area contributed by atoms with Crippen LogP contribution >= 0.6 is 0 Å². The molecular weight excluding hydrogens is 188 g/mol. The number of aromatic carboxylic acids is 1. The third-order valence-corrected chi connectivity index (χ3v) is 2.39. The number of hydrogen-bond donors (Lipinski definition) is 1. The number of allylic oxidation sites excluding steroid dienone is 1. The number of carbonyl (C=O) groups is 1. The largest absolute Gasteiger partial charge is 0.478 e. The zero-order valence-corrected chi connectivity index (χ0v) is 9.37. The average Bonchev–Trinajstić information content (AvgIpc) is 2.15. The molecule has 0 amide bonds. The standard InChI is InChI=1S/C13H16O2/c1-9(13(2,3)4)10-7-5-6-8-11(10)12(14)15/h5-8H,1H2,2-4H3,(H,14,15). The van der Waals surface area contributed by atoms with E-state index >= 15 is 0 Å². The summed E-state index contributed by atoms with van der Waals surface area (Å²) in [5.74, 6) is -0.906. The van der Waals surface area contributed by atoms with Crippen molar-refractivity contribution in [3.8, 4) is 0 Å². The van der Waals surface area contributed by atoms with Crippen LogP contribution in [0.15, 0.2) is 30.8 Å². The lowest BCUT2D eigenvalue weighted by Crippen LogP contribution is -2.11. The van der Waals surface area contributed by atoms with Gasteiger partial charge < -0.3 is 5.11 Å². The molecule has 0 aliphatic rings. The highest BCUT2D eigenvalue weighted by molar-refractivity contribution is 5.94. The molecule has 0 saturated heterocycles. The summed E-state index contributed by atoms with van der Waals surface area (Å²) < 4.78 is 0. The van der Waals surface area contributed by atoms with E-state index in [9.17, 15) is 4.79 Å². The van der Waals surface area contributed by atoms with Crippen LogP contribution in [0, 0.1) is 5.41 Å². The van der Waals surface area contributed by atoms with Crippen LogP contribution in [0.4, 0.5) is 0 Å². The molecule has 0 spiro atoms. The van der Waals surface area contributed by atoms with E-state index in [0.29, 0.717) is 5.56 Å². The van der Waals surface area contributed by atoms with Gasteiger partial charge in [-0.2, -0.15) is 0 Å². The molecule has 2 heteroatoms. The number of hydrogen-bond acceptors (Lipinski definition) is 1. The zero-order valence-electron chi connectivity index (χ0n) is 9.37. The normalized spacial score (nSPS) is 11.1. The van der Waals surface area contributed by atoms with Crippen LogP contribution in [0.2, 0.25) is 0 Å². The minimum atomic E-state index is -0.906. The minimum absolute atomic E-state index is 0.119. The molecule has 0 fully saturated rings. The predicted octanol–water partition coefficient (Wildman–Crippen LogP) is 3.44. The van der Waals surface area contributed by atoms with E-state index < -0.39 is 5.97 Å².